The van der Waals surface area contributed by atoms with Crippen molar-refractivity contribution >= 4 is 5.97 Å². The van der Waals surface area contributed by atoms with Gasteiger partial charge in [-0.05, 0) is 29.8 Å². The molecule has 0 heterocycles. The molecular formula is C14H14O5. The molecule has 5 heteroatoms. The summed E-state index contributed by atoms with van der Waals surface area (Å²) in [5.74, 6) is -0.887. The third-order valence-corrected chi connectivity index (χ3v) is 2.20. The Hall–Kier alpha value is -2.53. The van der Waals surface area contributed by atoms with Crippen molar-refractivity contribution in [1.82, 2.24) is 0 Å². The molecule has 1 unspecified atom stereocenters. The van der Waals surface area contributed by atoms with Crippen molar-refractivity contribution < 1.29 is 25.2 Å². The average Bonchev–Trinajstić information content (AvgIpc) is 2.43. The van der Waals surface area contributed by atoms with Gasteiger partial charge in [0.1, 0.15) is 11.5 Å². The van der Waals surface area contributed by atoms with Crippen LogP contribution in [-0.2, 0) is 4.79 Å². The Morgan fingerprint density at radius 3 is 1.63 bits per heavy atom. The largest absolute Gasteiger partial charge is 0.508 e. The molecule has 0 aliphatic heterocycles. The second-order valence-corrected chi connectivity index (χ2v) is 3.67. The Balaban J connectivity index is 0.000000200. The molecule has 0 aliphatic rings. The minimum absolute atomic E-state index is 0.169. The highest BCUT2D eigenvalue weighted by Gasteiger charge is 2.14. The average molecular weight is 262 g/mol. The molecule has 5 nitrogen and oxygen atoms in total. The van der Waals surface area contributed by atoms with Crippen LogP contribution in [0.15, 0.2) is 54.6 Å². The van der Waals surface area contributed by atoms with Crippen LogP contribution >= 0.6 is 0 Å². The van der Waals surface area contributed by atoms with Crippen LogP contribution in [0.1, 0.15) is 11.7 Å². The van der Waals surface area contributed by atoms with Crippen molar-refractivity contribution in [2.24, 2.45) is 0 Å². The van der Waals surface area contributed by atoms with Gasteiger partial charge in [0.05, 0.1) is 0 Å². The Labute approximate surface area is 110 Å². The Morgan fingerprint density at radius 1 is 0.842 bits per heavy atom. The molecule has 2 rings (SSSR count). The number of aliphatic carboxylic acids is 1. The highest BCUT2D eigenvalue weighted by molar-refractivity contribution is 5.73. The van der Waals surface area contributed by atoms with Crippen LogP contribution in [0.2, 0.25) is 0 Å². The minimum atomic E-state index is -1.41. The van der Waals surface area contributed by atoms with Crippen LogP contribution in [0.5, 0.6) is 11.5 Å². The fourth-order valence-corrected chi connectivity index (χ4v) is 1.23. The lowest BCUT2D eigenvalue weighted by molar-refractivity contribution is -0.146. The highest BCUT2D eigenvalue weighted by atomic mass is 16.4. The number of carboxylic acids is 1. The normalized spacial score (nSPS) is 11.0. The smallest absolute Gasteiger partial charge is 0.337 e. The van der Waals surface area contributed by atoms with E-state index in [4.69, 9.17) is 20.4 Å². The molecule has 1 atom stereocenters. The van der Waals surface area contributed by atoms with E-state index in [2.05, 4.69) is 0 Å². The molecule has 2 aromatic carbocycles. The first-order chi connectivity index (χ1) is 9.00. The van der Waals surface area contributed by atoms with Crippen molar-refractivity contribution in [1.29, 1.82) is 0 Å². The van der Waals surface area contributed by atoms with Gasteiger partial charge in [0.25, 0.3) is 0 Å². The first kappa shape index (κ1) is 14.5. The number of aliphatic hydroxyl groups excluding tert-OH is 1. The zero-order valence-electron chi connectivity index (χ0n) is 9.97. The van der Waals surface area contributed by atoms with E-state index in [0.717, 1.165) is 0 Å². The number of aliphatic hydroxyl groups is 1. The Morgan fingerprint density at radius 2 is 1.26 bits per heavy atom. The third kappa shape index (κ3) is 5.10. The van der Waals surface area contributed by atoms with Crippen molar-refractivity contribution in [2.75, 3.05) is 0 Å². The molecule has 19 heavy (non-hydrogen) atoms. The molecule has 0 aliphatic carbocycles. The topological polar surface area (TPSA) is 98.0 Å². The summed E-state index contributed by atoms with van der Waals surface area (Å²) in [6, 6.07) is 14.0. The summed E-state index contributed by atoms with van der Waals surface area (Å²) >= 11 is 0. The third-order valence-electron chi connectivity index (χ3n) is 2.20. The molecule has 0 amide bonds. The lowest BCUT2D eigenvalue weighted by atomic mass is 10.1. The van der Waals surface area contributed by atoms with E-state index in [1.165, 1.54) is 24.3 Å². The summed E-state index contributed by atoms with van der Waals surface area (Å²) < 4.78 is 0. The number of phenols is 2. The quantitative estimate of drug-likeness (QED) is 0.620. The maximum Gasteiger partial charge on any atom is 0.337 e. The van der Waals surface area contributed by atoms with Gasteiger partial charge in [0.15, 0.2) is 6.10 Å². The predicted molar refractivity (Wildman–Crippen MR) is 68.8 cm³/mol. The van der Waals surface area contributed by atoms with Crippen molar-refractivity contribution in [3.63, 3.8) is 0 Å². The molecule has 0 radical (unpaired) electrons. The number of hydrogen-bond donors (Lipinski definition) is 4. The van der Waals surface area contributed by atoms with E-state index in [-0.39, 0.29) is 11.5 Å². The lowest BCUT2D eigenvalue weighted by Gasteiger charge is -2.03. The lowest BCUT2D eigenvalue weighted by Crippen LogP contribution is -2.09. The molecule has 0 bridgehead atoms. The molecule has 0 aromatic heterocycles. The highest BCUT2D eigenvalue weighted by Crippen LogP contribution is 2.13. The summed E-state index contributed by atoms with van der Waals surface area (Å²) in [5, 5.41) is 34.7. The van der Waals surface area contributed by atoms with Gasteiger partial charge < -0.3 is 20.4 Å². The van der Waals surface area contributed by atoms with Crippen molar-refractivity contribution in [3.05, 3.63) is 60.2 Å². The van der Waals surface area contributed by atoms with E-state index in [1.807, 2.05) is 0 Å². The maximum atomic E-state index is 10.2. The molecule has 0 spiro atoms. The Bertz CT molecular complexity index is 486. The van der Waals surface area contributed by atoms with E-state index in [0.29, 0.717) is 5.56 Å². The van der Waals surface area contributed by atoms with Gasteiger partial charge in [-0.25, -0.2) is 4.79 Å². The first-order valence-electron chi connectivity index (χ1n) is 5.44. The molecule has 100 valence electrons. The van der Waals surface area contributed by atoms with Gasteiger partial charge in [-0.1, -0.05) is 30.3 Å². The van der Waals surface area contributed by atoms with Gasteiger partial charge in [-0.15, -0.1) is 0 Å². The fraction of sp³-hybridized carbons (Fsp3) is 0.0714. The van der Waals surface area contributed by atoms with E-state index in [1.54, 1.807) is 30.3 Å². The molecule has 0 fully saturated rings. The zero-order valence-corrected chi connectivity index (χ0v) is 9.97. The van der Waals surface area contributed by atoms with Crippen LogP contribution in [0, 0.1) is 0 Å². The van der Waals surface area contributed by atoms with Crippen LogP contribution in [0.3, 0.4) is 0 Å². The minimum Gasteiger partial charge on any atom is -0.508 e. The fourth-order valence-electron chi connectivity index (χ4n) is 1.23. The molecule has 0 saturated heterocycles. The van der Waals surface area contributed by atoms with E-state index < -0.39 is 12.1 Å². The van der Waals surface area contributed by atoms with E-state index in [9.17, 15) is 4.79 Å². The van der Waals surface area contributed by atoms with Gasteiger partial charge in [0, 0.05) is 0 Å². The summed E-state index contributed by atoms with van der Waals surface area (Å²) in [7, 11) is 0. The van der Waals surface area contributed by atoms with Crippen molar-refractivity contribution in [2.45, 2.75) is 6.10 Å². The monoisotopic (exact) mass is 262 g/mol. The maximum absolute atomic E-state index is 10.2. The SMILES string of the molecule is O=C(O)C(O)c1ccccc1.Oc1ccc(O)cc1. The van der Waals surface area contributed by atoms with Crippen LogP contribution in [-0.4, -0.2) is 26.4 Å². The van der Waals surface area contributed by atoms with E-state index >= 15 is 0 Å². The molecular weight excluding hydrogens is 248 g/mol. The number of carboxylic acid groups (broad SMARTS) is 1. The number of benzene rings is 2. The number of carbonyl (C=O) groups is 1. The summed E-state index contributed by atoms with van der Waals surface area (Å²) in [4.78, 5) is 10.2. The second kappa shape index (κ2) is 7.03. The number of hydrogen-bond acceptors (Lipinski definition) is 4. The molecule has 4 N–H and O–H groups in total. The summed E-state index contributed by atoms with van der Waals surface area (Å²) in [6.07, 6.45) is -1.41. The second-order valence-electron chi connectivity index (χ2n) is 3.67. The predicted octanol–water partition coefficient (Wildman–Crippen LogP) is 1.90. The standard InChI is InChI=1S/C8H8O3.C6H6O2/c9-7(8(10)11)6-4-2-1-3-5-6;7-5-1-2-6(8)4-3-5/h1-5,7,9H,(H,10,11);1-4,7-8H. The number of phenolic OH excluding ortho intramolecular Hbond substituents is 2. The summed E-state index contributed by atoms with van der Waals surface area (Å²) in [5.41, 5.74) is 0.403. The van der Waals surface area contributed by atoms with Crippen LogP contribution < -0.4 is 0 Å². The molecule has 2 aromatic rings. The Kier molecular flexibility index (Phi) is 5.37. The van der Waals surface area contributed by atoms with Gasteiger partial charge in [0.2, 0.25) is 0 Å². The summed E-state index contributed by atoms with van der Waals surface area (Å²) in [6.45, 7) is 0. The van der Waals surface area contributed by atoms with Crippen molar-refractivity contribution in [3.8, 4) is 11.5 Å². The molecule has 0 saturated carbocycles. The number of rotatable bonds is 2. The first-order valence-corrected chi connectivity index (χ1v) is 5.44. The van der Waals surface area contributed by atoms with Gasteiger partial charge >= 0.3 is 5.97 Å². The zero-order chi connectivity index (χ0) is 14.3. The van der Waals surface area contributed by atoms with Crippen LogP contribution in [0.4, 0.5) is 0 Å². The van der Waals surface area contributed by atoms with Crippen LogP contribution in [0.25, 0.3) is 0 Å². The van der Waals surface area contributed by atoms with Gasteiger partial charge in [-0.3, -0.25) is 0 Å². The van der Waals surface area contributed by atoms with Gasteiger partial charge in [-0.2, -0.15) is 0 Å². The number of aromatic hydroxyl groups is 2.